The van der Waals surface area contributed by atoms with Crippen molar-refractivity contribution in [3.8, 4) is 0 Å². The first-order chi connectivity index (χ1) is 8.78. The van der Waals surface area contributed by atoms with Crippen LogP contribution in [0.25, 0.3) is 0 Å². The third kappa shape index (κ3) is 2.32. The molecule has 1 aromatic rings. The van der Waals surface area contributed by atoms with Crippen molar-refractivity contribution in [2.45, 2.75) is 50.5 Å². The van der Waals surface area contributed by atoms with E-state index in [1.165, 1.54) is 12.8 Å². The van der Waals surface area contributed by atoms with E-state index in [-0.39, 0.29) is 12.0 Å². The van der Waals surface area contributed by atoms with E-state index in [1.807, 2.05) is 0 Å². The Bertz CT molecular complexity index is 439. The average Bonchev–Trinajstić information content (AvgIpc) is 3.07. The van der Waals surface area contributed by atoms with Crippen molar-refractivity contribution in [3.63, 3.8) is 0 Å². The van der Waals surface area contributed by atoms with Crippen molar-refractivity contribution in [2.24, 2.45) is 5.92 Å². The summed E-state index contributed by atoms with van der Waals surface area (Å²) >= 11 is 0. The first-order valence-corrected chi connectivity index (χ1v) is 6.66. The molecule has 1 heterocycles. The van der Waals surface area contributed by atoms with Gasteiger partial charge in [0, 0.05) is 25.9 Å². The highest BCUT2D eigenvalue weighted by molar-refractivity contribution is 5.79. The summed E-state index contributed by atoms with van der Waals surface area (Å²) < 4.78 is 10.8. The number of nitrogens with zero attached hydrogens (tertiary/aromatic N) is 2. The standard InChI is InChI=1S/C13H18N2O3/c1-17-11(8-5-6-8)12-14-13(18-15-12)9-3-2-4-10(16)7-9/h8-9,11H,2-7H2,1H3. The quantitative estimate of drug-likeness (QED) is 0.820. The molecule has 18 heavy (non-hydrogen) atoms. The van der Waals surface area contributed by atoms with Gasteiger partial charge in [-0.2, -0.15) is 4.98 Å². The van der Waals surface area contributed by atoms with Gasteiger partial charge in [0.15, 0.2) is 0 Å². The highest BCUT2D eigenvalue weighted by Gasteiger charge is 2.36. The molecule has 2 unspecified atom stereocenters. The van der Waals surface area contributed by atoms with Gasteiger partial charge in [-0.1, -0.05) is 5.16 Å². The summed E-state index contributed by atoms with van der Waals surface area (Å²) in [5.74, 6) is 2.21. The second-order valence-corrected chi connectivity index (χ2v) is 5.32. The van der Waals surface area contributed by atoms with Crippen LogP contribution in [0.4, 0.5) is 0 Å². The van der Waals surface area contributed by atoms with Crippen molar-refractivity contribution >= 4 is 5.78 Å². The van der Waals surface area contributed by atoms with Gasteiger partial charge in [0.05, 0.1) is 0 Å². The van der Waals surface area contributed by atoms with Crippen LogP contribution in [0.5, 0.6) is 0 Å². The molecule has 0 aliphatic heterocycles. The highest BCUT2D eigenvalue weighted by atomic mass is 16.5. The number of ether oxygens (including phenoxy) is 1. The Hall–Kier alpha value is -1.23. The molecule has 2 aliphatic rings. The molecule has 3 rings (SSSR count). The van der Waals surface area contributed by atoms with Gasteiger partial charge in [-0.05, 0) is 31.6 Å². The Morgan fingerprint density at radius 3 is 2.89 bits per heavy atom. The van der Waals surface area contributed by atoms with Gasteiger partial charge < -0.3 is 9.26 Å². The van der Waals surface area contributed by atoms with Crippen molar-refractivity contribution in [1.82, 2.24) is 10.1 Å². The van der Waals surface area contributed by atoms with Crippen LogP contribution in [0.1, 0.15) is 62.3 Å². The minimum Gasteiger partial charge on any atom is -0.373 e. The lowest BCUT2D eigenvalue weighted by Crippen LogP contribution is -2.14. The van der Waals surface area contributed by atoms with E-state index in [2.05, 4.69) is 10.1 Å². The Morgan fingerprint density at radius 2 is 2.22 bits per heavy atom. The number of rotatable bonds is 4. The van der Waals surface area contributed by atoms with Gasteiger partial charge in [-0.25, -0.2) is 0 Å². The van der Waals surface area contributed by atoms with Crippen LogP contribution in [-0.4, -0.2) is 23.0 Å². The minimum absolute atomic E-state index is 0.0400. The number of ketones is 1. The molecule has 2 aliphatic carbocycles. The third-order valence-corrected chi connectivity index (χ3v) is 3.85. The number of Topliss-reactive ketones (excluding diaryl/α,β-unsaturated/α-hetero) is 1. The van der Waals surface area contributed by atoms with Gasteiger partial charge in [0.1, 0.15) is 11.9 Å². The molecule has 0 N–H and O–H groups in total. The van der Waals surface area contributed by atoms with Gasteiger partial charge in [0.25, 0.3) is 0 Å². The summed E-state index contributed by atoms with van der Waals surface area (Å²) in [6, 6.07) is 0. The Kier molecular flexibility index (Phi) is 3.16. The monoisotopic (exact) mass is 250 g/mol. The number of carbonyl (C=O) groups is 1. The van der Waals surface area contributed by atoms with Crippen molar-refractivity contribution in [2.75, 3.05) is 7.11 Å². The van der Waals surface area contributed by atoms with Crippen molar-refractivity contribution < 1.29 is 14.1 Å². The molecular weight excluding hydrogens is 232 g/mol. The smallest absolute Gasteiger partial charge is 0.230 e. The fraction of sp³-hybridized carbons (Fsp3) is 0.769. The van der Waals surface area contributed by atoms with E-state index in [0.29, 0.717) is 36.3 Å². The molecule has 0 spiro atoms. The number of carbonyl (C=O) groups excluding carboxylic acids is 1. The number of aromatic nitrogens is 2. The lowest BCUT2D eigenvalue weighted by Gasteiger charge is -2.16. The Morgan fingerprint density at radius 1 is 1.39 bits per heavy atom. The van der Waals surface area contributed by atoms with E-state index in [0.717, 1.165) is 12.8 Å². The maximum absolute atomic E-state index is 11.4. The molecule has 0 saturated heterocycles. The zero-order chi connectivity index (χ0) is 12.5. The Labute approximate surface area is 106 Å². The highest BCUT2D eigenvalue weighted by Crippen LogP contribution is 2.42. The van der Waals surface area contributed by atoms with Crippen LogP contribution >= 0.6 is 0 Å². The van der Waals surface area contributed by atoms with Gasteiger partial charge in [0.2, 0.25) is 11.7 Å². The molecule has 2 fully saturated rings. The van der Waals surface area contributed by atoms with Crippen LogP contribution in [0, 0.1) is 5.92 Å². The topological polar surface area (TPSA) is 65.2 Å². The van der Waals surface area contributed by atoms with E-state index in [4.69, 9.17) is 9.26 Å². The molecule has 5 nitrogen and oxygen atoms in total. The fourth-order valence-corrected chi connectivity index (χ4v) is 2.67. The molecule has 0 amide bonds. The molecule has 5 heteroatoms. The first kappa shape index (κ1) is 11.8. The largest absolute Gasteiger partial charge is 0.373 e. The predicted molar refractivity (Wildman–Crippen MR) is 63.0 cm³/mol. The maximum Gasteiger partial charge on any atom is 0.230 e. The van der Waals surface area contributed by atoms with E-state index in [9.17, 15) is 4.79 Å². The van der Waals surface area contributed by atoms with Crippen LogP contribution in [0.15, 0.2) is 4.52 Å². The number of hydrogen-bond acceptors (Lipinski definition) is 5. The molecule has 0 aromatic carbocycles. The predicted octanol–water partition coefficient (Wildman–Crippen LogP) is 2.39. The third-order valence-electron chi connectivity index (χ3n) is 3.85. The van der Waals surface area contributed by atoms with E-state index >= 15 is 0 Å². The second-order valence-electron chi connectivity index (χ2n) is 5.32. The number of methoxy groups -OCH3 is 1. The maximum atomic E-state index is 11.4. The summed E-state index contributed by atoms with van der Waals surface area (Å²) in [6.07, 6.45) is 5.44. The van der Waals surface area contributed by atoms with Crippen molar-refractivity contribution in [1.29, 1.82) is 0 Å². The van der Waals surface area contributed by atoms with Gasteiger partial charge in [-0.15, -0.1) is 0 Å². The lowest BCUT2D eigenvalue weighted by atomic mass is 9.88. The molecule has 98 valence electrons. The zero-order valence-corrected chi connectivity index (χ0v) is 10.6. The minimum atomic E-state index is -0.0400. The lowest BCUT2D eigenvalue weighted by molar-refractivity contribution is -0.120. The summed E-state index contributed by atoms with van der Waals surface area (Å²) in [7, 11) is 1.68. The molecular formula is C13H18N2O3. The molecule has 2 atom stereocenters. The van der Waals surface area contributed by atoms with Crippen LogP contribution < -0.4 is 0 Å². The summed E-state index contributed by atoms with van der Waals surface area (Å²) in [6.45, 7) is 0. The Balaban J connectivity index is 1.73. The SMILES string of the molecule is COC(c1noc(C2CCCC(=O)C2)n1)C1CC1. The summed E-state index contributed by atoms with van der Waals surface area (Å²) in [5.41, 5.74) is 0. The normalized spacial score (nSPS) is 26.3. The molecule has 0 bridgehead atoms. The van der Waals surface area contributed by atoms with Crippen LogP contribution in [0.3, 0.4) is 0 Å². The summed E-state index contributed by atoms with van der Waals surface area (Å²) in [5, 5.41) is 4.03. The summed E-state index contributed by atoms with van der Waals surface area (Å²) in [4.78, 5) is 15.9. The van der Waals surface area contributed by atoms with Crippen LogP contribution in [-0.2, 0) is 9.53 Å². The average molecular weight is 250 g/mol. The fourth-order valence-electron chi connectivity index (χ4n) is 2.67. The van der Waals surface area contributed by atoms with Gasteiger partial charge in [-0.3, -0.25) is 4.79 Å². The van der Waals surface area contributed by atoms with Gasteiger partial charge >= 0.3 is 0 Å². The second kappa shape index (κ2) is 4.80. The van der Waals surface area contributed by atoms with Crippen LogP contribution in [0.2, 0.25) is 0 Å². The first-order valence-electron chi connectivity index (χ1n) is 6.66. The van der Waals surface area contributed by atoms with E-state index < -0.39 is 0 Å². The zero-order valence-electron chi connectivity index (χ0n) is 10.6. The van der Waals surface area contributed by atoms with E-state index in [1.54, 1.807) is 7.11 Å². The number of hydrogen-bond donors (Lipinski definition) is 0. The molecule has 2 saturated carbocycles. The molecule has 0 radical (unpaired) electrons. The molecule has 1 aromatic heterocycles. The van der Waals surface area contributed by atoms with Crippen molar-refractivity contribution in [3.05, 3.63) is 11.7 Å².